The number of nitrogens with two attached hydrogens (primary N) is 1. The van der Waals surface area contributed by atoms with Crippen molar-refractivity contribution in [2.24, 2.45) is 10.8 Å². The number of benzene rings is 1. The first-order valence-electron chi connectivity index (χ1n) is 10.2. The Balaban J connectivity index is 1.45. The number of para-hydroxylation sites is 1. The van der Waals surface area contributed by atoms with Crippen LogP contribution < -0.4 is 10.7 Å². The van der Waals surface area contributed by atoms with Gasteiger partial charge in [0.25, 0.3) is 5.91 Å². The lowest BCUT2D eigenvalue weighted by Gasteiger charge is -2.33. The number of methoxy groups -OCH3 is 1. The Morgan fingerprint density at radius 2 is 1.77 bits per heavy atom. The maximum atomic E-state index is 13.1. The number of piperidine rings is 1. The Morgan fingerprint density at radius 3 is 2.42 bits per heavy atom. The number of primary amides is 1. The SMILES string of the molecule is COC(=O)c1cccn1C1CCN(C(=O)C2=NN(c3ccccc3)C(C(N)=O)C2)CC1. The smallest absolute Gasteiger partial charge is 0.354 e. The van der Waals surface area contributed by atoms with Crippen LogP contribution >= 0.6 is 0 Å². The lowest BCUT2D eigenvalue weighted by Crippen LogP contribution is -2.43. The highest BCUT2D eigenvalue weighted by Gasteiger charge is 2.37. The van der Waals surface area contributed by atoms with Gasteiger partial charge in [0.2, 0.25) is 5.91 Å². The predicted molar refractivity (Wildman–Crippen MR) is 115 cm³/mol. The van der Waals surface area contributed by atoms with Gasteiger partial charge in [0, 0.05) is 31.7 Å². The first kappa shape index (κ1) is 20.6. The van der Waals surface area contributed by atoms with Crippen LogP contribution in [0.25, 0.3) is 0 Å². The standard InChI is InChI=1S/C22H25N5O4/c1-31-22(30)18-8-5-11-26(18)15-9-12-25(13-10-15)21(29)17-14-19(20(23)28)27(24-17)16-6-3-2-4-7-16/h2-8,11,15,19H,9-10,12-14H2,1H3,(H2,23,28). The normalized spacial score (nSPS) is 19.3. The number of carbonyl (C=O) groups is 3. The van der Waals surface area contributed by atoms with Crippen molar-refractivity contribution in [3.8, 4) is 0 Å². The molecule has 0 saturated carbocycles. The maximum absolute atomic E-state index is 13.1. The van der Waals surface area contributed by atoms with E-state index < -0.39 is 11.9 Å². The van der Waals surface area contributed by atoms with Crippen molar-refractivity contribution in [1.82, 2.24) is 9.47 Å². The Kier molecular flexibility index (Phi) is 5.75. The summed E-state index contributed by atoms with van der Waals surface area (Å²) in [5.74, 6) is -1.07. The zero-order chi connectivity index (χ0) is 22.0. The summed E-state index contributed by atoms with van der Waals surface area (Å²) in [7, 11) is 1.36. The van der Waals surface area contributed by atoms with Crippen molar-refractivity contribution in [2.75, 3.05) is 25.2 Å². The van der Waals surface area contributed by atoms with Gasteiger partial charge in [-0.1, -0.05) is 18.2 Å². The summed E-state index contributed by atoms with van der Waals surface area (Å²) >= 11 is 0. The molecule has 2 aliphatic heterocycles. The molecule has 0 spiro atoms. The number of carbonyl (C=O) groups excluding carboxylic acids is 3. The van der Waals surface area contributed by atoms with E-state index in [1.807, 2.05) is 47.2 Å². The first-order valence-corrected chi connectivity index (χ1v) is 10.2. The van der Waals surface area contributed by atoms with Gasteiger partial charge >= 0.3 is 5.97 Å². The fraction of sp³-hybridized carbons (Fsp3) is 0.364. The second-order valence-corrected chi connectivity index (χ2v) is 7.66. The highest BCUT2D eigenvalue weighted by molar-refractivity contribution is 6.40. The van der Waals surface area contributed by atoms with Crippen LogP contribution in [0.15, 0.2) is 53.8 Å². The third-order valence-corrected chi connectivity index (χ3v) is 5.82. The predicted octanol–water partition coefficient (Wildman–Crippen LogP) is 1.56. The van der Waals surface area contributed by atoms with Gasteiger partial charge in [0.15, 0.2) is 0 Å². The number of nitrogens with zero attached hydrogens (tertiary/aromatic N) is 4. The zero-order valence-electron chi connectivity index (χ0n) is 17.3. The average Bonchev–Trinajstić information content (AvgIpc) is 3.47. The second kappa shape index (κ2) is 8.63. The molecule has 2 N–H and O–H groups in total. The molecule has 4 rings (SSSR count). The summed E-state index contributed by atoms with van der Waals surface area (Å²) in [5.41, 5.74) is 7.13. The third-order valence-electron chi connectivity index (χ3n) is 5.82. The van der Waals surface area contributed by atoms with Crippen LogP contribution in [-0.4, -0.2) is 59.2 Å². The number of hydrazone groups is 1. The number of ether oxygens (including phenoxy) is 1. The fourth-order valence-corrected chi connectivity index (χ4v) is 4.20. The van der Waals surface area contributed by atoms with E-state index in [1.54, 1.807) is 11.0 Å². The first-order chi connectivity index (χ1) is 15.0. The number of hydrogen-bond acceptors (Lipinski definition) is 6. The fourth-order valence-electron chi connectivity index (χ4n) is 4.20. The summed E-state index contributed by atoms with van der Waals surface area (Å²) in [6.45, 7) is 1.07. The van der Waals surface area contributed by atoms with Gasteiger partial charge in [-0.15, -0.1) is 0 Å². The van der Waals surface area contributed by atoms with Crippen molar-refractivity contribution in [3.05, 3.63) is 54.4 Å². The number of hydrogen-bond donors (Lipinski definition) is 1. The van der Waals surface area contributed by atoms with E-state index in [0.29, 0.717) is 37.3 Å². The van der Waals surface area contributed by atoms with Crippen LogP contribution in [0.3, 0.4) is 0 Å². The van der Waals surface area contributed by atoms with Crippen LogP contribution in [0, 0.1) is 0 Å². The van der Waals surface area contributed by atoms with Crippen LogP contribution in [0.4, 0.5) is 5.69 Å². The molecular formula is C22H25N5O4. The molecule has 1 unspecified atom stereocenters. The summed E-state index contributed by atoms with van der Waals surface area (Å²) < 4.78 is 6.76. The van der Waals surface area contributed by atoms with Gasteiger partial charge < -0.3 is 19.9 Å². The van der Waals surface area contributed by atoms with Crippen molar-refractivity contribution >= 4 is 29.2 Å². The molecule has 0 aliphatic carbocycles. The molecule has 2 aliphatic rings. The lowest BCUT2D eigenvalue weighted by molar-refractivity contribution is -0.125. The largest absolute Gasteiger partial charge is 0.464 e. The van der Waals surface area contributed by atoms with Crippen LogP contribution in [0.2, 0.25) is 0 Å². The number of rotatable bonds is 5. The lowest BCUT2D eigenvalue weighted by atomic mass is 10.0. The Morgan fingerprint density at radius 1 is 1.06 bits per heavy atom. The number of aromatic nitrogens is 1. The molecule has 1 saturated heterocycles. The molecule has 9 nitrogen and oxygen atoms in total. The monoisotopic (exact) mass is 423 g/mol. The molecule has 9 heteroatoms. The van der Waals surface area contributed by atoms with E-state index in [9.17, 15) is 14.4 Å². The average molecular weight is 423 g/mol. The van der Waals surface area contributed by atoms with E-state index >= 15 is 0 Å². The van der Waals surface area contributed by atoms with Gasteiger partial charge in [-0.05, 0) is 37.1 Å². The highest BCUT2D eigenvalue weighted by Crippen LogP contribution is 2.28. The number of esters is 1. The third kappa shape index (κ3) is 4.03. The van der Waals surface area contributed by atoms with Crippen LogP contribution in [-0.2, 0) is 14.3 Å². The second-order valence-electron chi connectivity index (χ2n) is 7.66. The summed E-state index contributed by atoms with van der Waals surface area (Å²) in [6.07, 6.45) is 3.47. The van der Waals surface area contributed by atoms with E-state index in [0.717, 1.165) is 5.69 Å². The Labute approximate surface area is 180 Å². The van der Waals surface area contributed by atoms with Crippen molar-refractivity contribution in [1.29, 1.82) is 0 Å². The van der Waals surface area contributed by atoms with E-state index in [1.165, 1.54) is 12.1 Å². The van der Waals surface area contributed by atoms with Crippen LogP contribution in [0.5, 0.6) is 0 Å². The molecule has 0 radical (unpaired) electrons. The van der Waals surface area contributed by atoms with Gasteiger partial charge in [0.1, 0.15) is 17.4 Å². The molecule has 1 aromatic carbocycles. The molecule has 2 aromatic rings. The Hall–Kier alpha value is -3.62. The van der Waals surface area contributed by atoms with Crippen molar-refractivity contribution in [3.63, 3.8) is 0 Å². The summed E-state index contributed by atoms with van der Waals surface area (Å²) in [6, 6.07) is 12.2. The van der Waals surface area contributed by atoms with Crippen molar-refractivity contribution < 1.29 is 19.1 Å². The molecule has 1 atom stereocenters. The molecule has 0 bridgehead atoms. The number of anilines is 1. The van der Waals surface area contributed by atoms with Gasteiger partial charge in [-0.2, -0.15) is 5.10 Å². The highest BCUT2D eigenvalue weighted by atomic mass is 16.5. The number of likely N-dealkylation sites (tertiary alicyclic amines) is 1. The maximum Gasteiger partial charge on any atom is 0.354 e. The molecule has 31 heavy (non-hydrogen) atoms. The van der Waals surface area contributed by atoms with Crippen molar-refractivity contribution in [2.45, 2.75) is 31.3 Å². The summed E-state index contributed by atoms with van der Waals surface area (Å²) in [5, 5.41) is 5.98. The molecular weight excluding hydrogens is 398 g/mol. The minimum absolute atomic E-state index is 0.109. The van der Waals surface area contributed by atoms with Gasteiger partial charge in [0.05, 0.1) is 12.8 Å². The van der Waals surface area contributed by atoms with Crippen LogP contribution in [0.1, 0.15) is 35.8 Å². The zero-order valence-corrected chi connectivity index (χ0v) is 17.3. The minimum atomic E-state index is -0.679. The Bertz CT molecular complexity index is 1010. The molecule has 3 heterocycles. The minimum Gasteiger partial charge on any atom is -0.464 e. The van der Waals surface area contributed by atoms with E-state index in [2.05, 4.69) is 5.10 Å². The van der Waals surface area contributed by atoms with Gasteiger partial charge in [-0.25, -0.2) is 4.79 Å². The van der Waals surface area contributed by atoms with E-state index in [4.69, 9.17) is 10.5 Å². The number of amides is 2. The van der Waals surface area contributed by atoms with Gasteiger partial charge in [-0.3, -0.25) is 14.6 Å². The topological polar surface area (TPSA) is 110 Å². The summed E-state index contributed by atoms with van der Waals surface area (Å²) in [4.78, 5) is 38.8. The molecule has 2 amide bonds. The quantitative estimate of drug-likeness (QED) is 0.734. The van der Waals surface area contributed by atoms with E-state index in [-0.39, 0.29) is 24.3 Å². The molecule has 1 aromatic heterocycles. The molecule has 162 valence electrons. The molecule has 1 fully saturated rings.